The number of hydrogen-bond acceptors (Lipinski definition) is 3. The minimum atomic E-state index is -0.744. The molecular weight excluding hydrogens is 558 g/mol. The molecular formula is C27H26Cl4N2O2S. The maximum absolute atomic E-state index is 13.6. The van der Waals surface area contributed by atoms with E-state index in [4.69, 9.17) is 46.4 Å². The Bertz CT molecular complexity index is 1170. The number of rotatable bonds is 11. The summed E-state index contributed by atoms with van der Waals surface area (Å²) in [5, 5.41) is 4.86. The first-order chi connectivity index (χ1) is 17.3. The van der Waals surface area contributed by atoms with E-state index >= 15 is 0 Å². The number of carbonyl (C=O) groups excluding carboxylic acids is 2. The molecule has 3 aromatic carbocycles. The minimum Gasteiger partial charge on any atom is -0.355 e. The molecule has 0 saturated carbocycles. The van der Waals surface area contributed by atoms with Gasteiger partial charge in [0.15, 0.2) is 0 Å². The number of benzene rings is 3. The Labute approximate surface area is 236 Å². The van der Waals surface area contributed by atoms with E-state index in [2.05, 4.69) is 5.32 Å². The Kier molecular flexibility index (Phi) is 11.3. The molecule has 3 rings (SSSR count). The lowest BCUT2D eigenvalue weighted by Crippen LogP contribution is -2.51. The Hall–Kier alpha value is -1.89. The fraction of sp³-hybridized carbons (Fsp3) is 0.259. The molecule has 0 heterocycles. The van der Waals surface area contributed by atoms with Gasteiger partial charge in [0.1, 0.15) is 6.04 Å². The second-order valence-corrected chi connectivity index (χ2v) is 10.7. The van der Waals surface area contributed by atoms with Crippen LogP contribution in [0, 0.1) is 0 Å². The number of nitrogens with zero attached hydrogens (tertiary/aromatic N) is 1. The molecule has 9 heteroatoms. The maximum Gasteiger partial charge on any atom is 0.243 e. The first kappa shape index (κ1) is 28.7. The first-order valence-electron chi connectivity index (χ1n) is 11.4. The van der Waals surface area contributed by atoms with Crippen molar-refractivity contribution in [3.05, 3.63) is 104 Å². The zero-order valence-corrected chi connectivity index (χ0v) is 23.5. The highest BCUT2D eigenvalue weighted by atomic mass is 35.5. The Morgan fingerprint density at radius 2 is 1.61 bits per heavy atom. The van der Waals surface area contributed by atoms with E-state index in [9.17, 15) is 9.59 Å². The SMILES string of the molecule is CCNC(=O)[C@@H](Cc1ccccc1)N(Cc1c(Cl)cccc1Cl)C(=O)CSCc1ccc(Cl)cc1Cl. The van der Waals surface area contributed by atoms with Crippen molar-refractivity contribution in [1.82, 2.24) is 10.2 Å². The molecule has 0 aromatic heterocycles. The molecule has 0 saturated heterocycles. The van der Waals surface area contributed by atoms with Crippen LogP contribution in [-0.4, -0.2) is 35.1 Å². The molecule has 3 aromatic rings. The van der Waals surface area contributed by atoms with Gasteiger partial charge >= 0.3 is 0 Å². The van der Waals surface area contributed by atoms with Crippen LogP contribution >= 0.6 is 58.2 Å². The molecule has 1 N–H and O–H groups in total. The van der Waals surface area contributed by atoms with Crippen LogP contribution in [0.15, 0.2) is 66.7 Å². The third-order valence-corrected chi connectivity index (χ3v) is 7.77. The highest BCUT2D eigenvalue weighted by molar-refractivity contribution is 7.99. The van der Waals surface area contributed by atoms with Gasteiger partial charge in [0, 0.05) is 50.9 Å². The van der Waals surface area contributed by atoms with Crippen molar-refractivity contribution in [3.63, 3.8) is 0 Å². The van der Waals surface area contributed by atoms with Crippen molar-refractivity contribution < 1.29 is 9.59 Å². The highest BCUT2D eigenvalue weighted by Gasteiger charge is 2.31. The topological polar surface area (TPSA) is 49.4 Å². The Morgan fingerprint density at radius 3 is 2.25 bits per heavy atom. The van der Waals surface area contributed by atoms with Gasteiger partial charge in [-0.3, -0.25) is 9.59 Å². The molecule has 0 aliphatic rings. The van der Waals surface area contributed by atoms with Gasteiger partial charge in [0.2, 0.25) is 11.8 Å². The smallest absolute Gasteiger partial charge is 0.243 e. The number of carbonyl (C=O) groups is 2. The van der Waals surface area contributed by atoms with E-state index in [-0.39, 0.29) is 24.1 Å². The summed E-state index contributed by atoms with van der Waals surface area (Å²) in [5.41, 5.74) is 2.42. The highest BCUT2D eigenvalue weighted by Crippen LogP contribution is 2.29. The Balaban J connectivity index is 1.88. The third-order valence-electron chi connectivity index (χ3n) is 5.51. The molecule has 0 aliphatic carbocycles. The lowest BCUT2D eigenvalue weighted by molar-refractivity contribution is -0.139. The Morgan fingerprint density at radius 1 is 0.917 bits per heavy atom. The van der Waals surface area contributed by atoms with E-state index in [1.807, 2.05) is 43.3 Å². The fourth-order valence-electron chi connectivity index (χ4n) is 3.67. The summed E-state index contributed by atoms with van der Waals surface area (Å²) < 4.78 is 0. The summed E-state index contributed by atoms with van der Waals surface area (Å²) in [7, 11) is 0. The predicted octanol–water partition coefficient (Wildman–Crippen LogP) is 7.31. The van der Waals surface area contributed by atoms with Crippen molar-refractivity contribution in [2.75, 3.05) is 12.3 Å². The molecule has 2 amide bonds. The lowest BCUT2D eigenvalue weighted by Gasteiger charge is -2.32. The third kappa shape index (κ3) is 8.06. The van der Waals surface area contributed by atoms with Crippen molar-refractivity contribution in [3.8, 4) is 0 Å². The second kappa shape index (κ2) is 14.2. The zero-order chi connectivity index (χ0) is 26.1. The summed E-state index contributed by atoms with van der Waals surface area (Å²) >= 11 is 26.6. The van der Waals surface area contributed by atoms with Gasteiger partial charge in [-0.05, 0) is 42.3 Å². The number of nitrogens with one attached hydrogen (secondary N) is 1. The molecule has 36 heavy (non-hydrogen) atoms. The van der Waals surface area contributed by atoms with Crippen molar-refractivity contribution in [2.24, 2.45) is 0 Å². The summed E-state index contributed by atoms with van der Waals surface area (Å²) in [6.07, 6.45) is 0.355. The van der Waals surface area contributed by atoms with Crippen LogP contribution in [0.5, 0.6) is 0 Å². The number of hydrogen-bond donors (Lipinski definition) is 1. The van der Waals surface area contributed by atoms with Crippen molar-refractivity contribution >= 4 is 70.0 Å². The number of likely N-dealkylation sites (N-methyl/N-ethyl adjacent to an activating group) is 1. The quantitative estimate of drug-likeness (QED) is 0.257. The molecule has 0 fully saturated rings. The van der Waals surface area contributed by atoms with Gasteiger partial charge in [-0.25, -0.2) is 0 Å². The lowest BCUT2D eigenvalue weighted by atomic mass is 10.0. The van der Waals surface area contributed by atoms with Gasteiger partial charge < -0.3 is 10.2 Å². The van der Waals surface area contributed by atoms with E-state index in [0.29, 0.717) is 44.4 Å². The monoisotopic (exact) mass is 582 g/mol. The molecule has 4 nitrogen and oxygen atoms in total. The van der Waals surface area contributed by atoms with Crippen molar-refractivity contribution in [1.29, 1.82) is 0 Å². The summed E-state index contributed by atoms with van der Waals surface area (Å²) in [5.74, 6) is 0.232. The molecule has 0 aliphatic heterocycles. The molecule has 0 bridgehead atoms. The van der Waals surface area contributed by atoms with Gasteiger partial charge in [-0.15, -0.1) is 11.8 Å². The summed E-state index contributed by atoms with van der Waals surface area (Å²) in [6, 6.07) is 19.3. The van der Waals surface area contributed by atoms with Crippen LogP contribution < -0.4 is 5.32 Å². The molecule has 1 atom stereocenters. The average molecular weight is 584 g/mol. The van der Waals surface area contributed by atoms with E-state index < -0.39 is 6.04 Å². The summed E-state index contributed by atoms with van der Waals surface area (Å²) in [4.78, 5) is 28.4. The average Bonchev–Trinajstić information content (AvgIpc) is 2.85. The van der Waals surface area contributed by atoms with Gasteiger partial charge in [0.05, 0.1) is 5.75 Å². The molecule has 0 spiro atoms. The minimum absolute atomic E-state index is 0.105. The molecule has 0 radical (unpaired) electrons. The molecule has 0 unspecified atom stereocenters. The van der Waals surface area contributed by atoms with Crippen molar-refractivity contribution in [2.45, 2.75) is 31.7 Å². The normalized spacial score (nSPS) is 11.7. The van der Waals surface area contributed by atoms with E-state index in [1.165, 1.54) is 11.8 Å². The van der Waals surface area contributed by atoms with Crippen LogP contribution in [-0.2, 0) is 28.3 Å². The standard InChI is InChI=1S/C27H26Cl4N2O2S/c1-2-32-27(35)25(13-18-7-4-3-5-8-18)33(15-21-22(29)9-6-10-23(21)30)26(34)17-36-16-19-11-12-20(28)14-24(19)31/h3-12,14,25H,2,13,15-17H2,1H3,(H,32,35)/t25-/m1/s1. The second-order valence-electron chi connectivity index (χ2n) is 8.05. The van der Waals surface area contributed by atoms with E-state index in [0.717, 1.165) is 11.1 Å². The predicted molar refractivity (Wildman–Crippen MR) is 152 cm³/mol. The summed E-state index contributed by atoms with van der Waals surface area (Å²) in [6.45, 7) is 2.40. The van der Waals surface area contributed by atoms with Crippen LogP contribution in [0.25, 0.3) is 0 Å². The number of thioether (sulfide) groups is 1. The van der Waals surface area contributed by atoms with E-state index in [1.54, 1.807) is 35.2 Å². The van der Waals surface area contributed by atoms with Crippen LogP contribution in [0.4, 0.5) is 0 Å². The van der Waals surface area contributed by atoms with Crippen LogP contribution in [0.2, 0.25) is 20.1 Å². The van der Waals surface area contributed by atoms with Gasteiger partial charge in [-0.2, -0.15) is 0 Å². The number of amides is 2. The van der Waals surface area contributed by atoms with Crippen LogP contribution in [0.3, 0.4) is 0 Å². The largest absolute Gasteiger partial charge is 0.355 e. The number of halogens is 4. The zero-order valence-electron chi connectivity index (χ0n) is 19.6. The fourth-order valence-corrected chi connectivity index (χ4v) is 5.66. The molecule has 190 valence electrons. The van der Waals surface area contributed by atoms with Crippen LogP contribution in [0.1, 0.15) is 23.6 Å². The van der Waals surface area contributed by atoms with Gasteiger partial charge in [0.25, 0.3) is 0 Å². The van der Waals surface area contributed by atoms with Gasteiger partial charge in [-0.1, -0.05) is 88.9 Å². The maximum atomic E-state index is 13.6. The first-order valence-corrected chi connectivity index (χ1v) is 14.0.